The third kappa shape index (κ3) is 3.91. The Balaban J connectivity index is 1.44. The van der Waals surface area contributed by atoms with E-state index in [0.29, 0.717) is 5.56 Å². The molecule has 32 heavy (non-hydrogen) atoms. The predicted molar refractivity (Wildman–Crippen MR) is 123 cm³/mol. The van der Waals surface area contributed by atoms with Crippen molar-refractivity contribution in [3.05, 3.63) is 77.4 Å². The van der Waals surface area contributed by atoms with Crippen LogP contribution < -0.4 is 0 Å². The highest BCUT2D eigenvalue weighted by molar-refractivity contribution is 6.03. The van der Waals surface area contributed by atoms with Gasteiger partial charge >= 0.3 is 0 Å². The van der Waals surface area contributed by atoms with E-state index in [4.69, 9.17) is 9.40 Å². The molecule has 0 amide bonds. The lowest BCUT2D eigenvalue weighted by Crippen LogP contribution is -2.29. The lowest BCUT2D eigenvalue weighted by molar-refractivity contribution is 0.0957. The summed E-state index contributed by atoms with van der Waals surface area (Å²) in [4.78, 5) is 4.82. The Bertz CT molecular complexity index is 1230. The van der Waals surface area contributed by atoms with Crippen LogP contribution in [-0.2, 0) is 11.8 Å². The van der Waals surface area contributed by atoms with Crippen molar-refractivity contribution in [1.29, 1.82) is 0 Å². The molecule has 1 aliphatic carbocycles. The summed E-state index contributed by atoms with van der Waals surface area (Å²) in [5.74, 6) is 0.527. The lowest BCUT2D eigenvalue weighted by Gasteiger charge is -2.38. The van der Waals surface area contributed by atoms with Gasteiger partial charge in [-0.05, 0) is 65.5 Å². The van der Waals surface area contributed by atoms with Gasteiger partial charge in [-0.1, -0.05) is 49.6 Å². The summed E-state index contributed by atoms with van der Waals surface area (Å²) >= 11 is 0. The van der Waals surface area contributed by atoms with Gasteiger partial charge in [0.2, 0.25) is 0 Å². The van der Waals surface area contributed by atoms with Crippen molar-refractivity contribution in [3.8, 4) is 0 Å². The Hall–Kier alpha value is -2.76. The average molecular weight is 434 g/mol. The standard InChI is InChI=1S/C27H28FNO3/c28-21-8-6-20(7-9-21)27(13-2-1-3-14-27)15-12-25-29-26-22-10-4-19(23(31)17-30)16-18(22)5-11-24(26)32-25/h4-11,16,23,30-31H,1-3,12-15,17H2. The Morgan fingerprint density at radius 2 is 1.78 bits per heavy atom. The summed E-state index contributed by atoms with van der Waals surface area (Å²) in [6, 6.07) is 16.5. The molecule has 4 aromatic rings. The first-order chi connectivity index (χ1) is 15.6. The zero-order valence-corrected chi connectivity index (χ0v) is 18.1. The molecule has 1 aliphatic rings. The Kier molecular flexibility index (Phi) is 5.70. The molecule has 5 heteroatoms. The molecule has 4 nitrogen and oxygen atoms in total. The first kappa shape index (κ1) is 21.1. The van der Waals surface area contributed by atoms with Crippen LogP contribution in [0.5, 0.6) is 0 Å². The zero-order valence-electron chi connectivity index (χ0n) is 18.1. The molecule has 0 aliphatic heterocycles. The van der Waals surface area contributed by atoms with Gasteiger partial charge < -0.3 is 14.6 Å². The van der Waals surface area contributed by atoms with Gasteiger partial charge in [-0.15, -0.1) is 0 Å². The van der Waals surface area contributed by atoms with E-state index in [-0.39, 0.29) is 17.8 Å². The third-order valence-corrected chi connectivity index (χ3v) is 7.09. The quantitative estimate of drug-likeness (QED) is 0.393. The minimum absolute atomic E-state index is 0.0456. The molecule has 1 heterocycles. The first-order valence-electron chi connectivity index (χ1n) is 11.5. The summed E-state index contributed by atoms with van der Waals surface area (Å²) in [5.41, 5.74) is 3.52. The summed E-state index contributed by atoms with van der Waals surface area (Å²) in [5, 5.41) is 21.1. The minimum Gasteiger partial charge on any atom is -0.441 e. The van der Waals surface area contributed by atoms with Gasteiger partial charge in [-0.2, -0.15) is 0 Å². The number of benzene rings is 3. The van der Waals surface area contributed by atoms with Crippen LogP contribution in [0.3, 0.4) is 0 Å². The largest absolute Gasteiger partial charge is 0.441 e. The van der Waals surface area contributed by atoms with E-state index in [0.717, 1.165) is 53.4 Å². The molecular weight excluding hydrogens is 405 g/mol. The van der Waals surface area contributed by atoms with Crippen molar-refractivity contribution in [3.63, 3.8) is 0 Å². The minimum atomic E-state index is -0.888. The van der Waals surface area contributed by atoms with E-state index < -0.39 is 6.10 Å². The molecule has 0 spiro atoms. The maximum atomic E-state index is 13.5. The Labute approximate surface area is 186 Å². The third-order valence-electron chi connectivity index (χ3n) is 7.09. The highest BCUT2D eigenvalue weighted by atomic mass is 19.1. The average Bonchev–Trinajstić information content (AvgIpc) is 3.26. The van der Waals surface area contributed by atoms with E-state index in [1.54, 1.807) is 12.1 Å². The fraction of sp³-hybridized carbons (Fsp3) is 0.370. The fourth-order valence-corrected chi connectivity index (χ4v) is 5.26. The summed E-state index contributed by atoms with van der Waals surface area (Å²) in [6.07, 6.45) is 6.63. The van der Waals surface area contributed by atoms with Crippen LogP contribution in [0.1, 0.15) is 61.6 Å². The molecule has 0 bridgehead atoms. The SMILES string of the molecule is OCC(O)c1ccc2c(ccc3oc(CCC4(c5ccc(F)cc5)CCCCC4)nc32)c1. The number of fused-ring (bicyclic) bond motifs is 3. The van der Waals surface area contributed by atoms with Crippen LogP contribution in [-0.4, -0.2) is 21.8 Å². The van der Waals surface area contributed by atoms with Gasteiger partial charge in [-0.25, -0.2) is 9.37 Å². The molecule has 0 saturated heterocycles. The van der Waals surface area contributed by atoms with Crippen LogP contribution in [0.4, 0.5) is 4.39 Å². The number of halogens is 1. The summed E-state index contributed by atoms with van der Waals surface area (Å²) in [7, 11) is 0. The number of aromatic nitrogens is 1. The molecule has 1 fully saturated rings. The fourth-order valence-electron chi connectivity index (χ4n) is 5.26. The van der Waals surface area contributed by atoms with E-state index in [1.165, 1.54) is 24.8 Å². The topological polar surface area (TPSA) is 66.5 Å². The number of aliphatic hydroxyl groups excluding tert-OH is 2. The van der Waals surface area contributed by atoms with Crippen LogP contribution in [0.25, 0.3) is 21.9 Å². The molecule has 0 radical (unpaired) electrons. The summed E-state index contributed by atoms with van der Waals surface area (Å²) in [6.45, 7) is -0.308. The van der Waals surface area contributed by atoms with Gasteiger partial charge in [0, 0.05) is 11.8 Å². The molecule has 1 aromatic heterocycles. The number of hydrogen-bond donors (Lipinski definition) is 2. The second kappa shape index (κ2) is 8.64. The van der Waals surface area contributed by atoms with Crippen molar-refractivity contribution in [2.45, 2.75) is 56.5 Å². The predicted octanol–water partition coefficient (Wildman–Crippen LogP) is 5.98. The van der Waals surface area contributed by atoms with Gasteiger partial charge in [0.05, 0.1) is 6.61 Å². The van der Waals surface area contributed by atoms with Crippen molar-refractivity contribution in [1.82, 2.24) is 4.98 Å². The van der Waals surface area contributed by atoms with Crippen LogP contribution in [0.15, 0.2) is 59.0 Å². The van der Waals surface area contributed by atoms with E-state index in [9.17, 15) is 14.6 Å². The van der Waals surface area contributed by atoms with Crippen LogP contribution >= 0.6 is 0 Å². The van der Waals surface area contributed by atoms with Crippen molar-refractivity contribution >= 4 is 21.9 Å². The monoisotopic (exact) mass is 433 g/mol. The Morgan fingerprint density at radius 3 is 2.53 bits per heavy atom. The number of oxazole rings is 1. The van der Waals surface area contributed by atoms with Gasteiger partial charge in [0.25, 0.3) is 0 Å². The molecule has 1 unspecified atom stereocenters. The second-order valence-corrected chi connectivity index (χ2v) is 9.05. The molecule has 1 saturated carbocycles. The second-order valence-electron chi connectivity index (χ2n) is 9.05. The smallest absolute Gasteiger partial charge is 0.195 e. The number of aliphatic hydroxyl groups is 2. The molecular formula is C27H28FNO3. The van der Waals surface area contributed by atoms with Crippen LogP contribution in [0, 0.1) is 5.82 Å². The molecule has 5 rings (SSSR count). The summed E-state index contributed by atoms with van der Waals surface area (Å²) < 4.78 is 19.6. The van der Waals surface area contributed by atoms with Gasteiger partial charge in [-0.3, -0.25) is 0 Å². The molecule has 166 valence electrons. The van der Waals surface area contributed by atoms with Crippen LogP contribution in [0.2, 0.25) is 0 Å². The van der Waals surface area contributed by atoms with E-state index in [1.807, 2.05) is 42.5 Å². The molecule has 2 N–H and O–H groups in total. The first-order valence-corrected chi connectivity index (χ1v) is 11.5. The van der Waals surface area contributed by atoms with Gasteiger partial charge in [0.15, 0.2) is 11.5 Å². The number of nitrogens with zero attached hydrogens (tertiary/aromatic N) is 1. The highest BCUT2D eigenvalue weighted by Gasteiger charge is 2.34. The highest BCUT2D eigenvalue weighted by Crippen LogP contribution is 2.43. The van der Waals surface area contributed by atoms with Crippen molar-refractivity contribution in [2.24, 2.45) is 0 Å². The Morgan fingerprint density at radius 1 is 1.00 bits per heavy atom. The maximum Gasteiger partial charge on any atom is 0.195 e. The van der Waals surface area contributed by atoms with Gasteiger partial charge in [0.1, 0.15) is 17.4 Å². The normalized spacial score (nSPS) is 17.1. The molecule has 1 atom stereocenters. The number of hydrogen-bond acceptors (Lipinski definition) is 4. The number of rotatable bonds is 6. The zero-order chi connectivity index (χ0) is 22.1. The lowest BCUT2D eigenvalue weighted by atomic mass is 9.67. The van der Waals surface area contributed by atoms with E-state index in [2.05, 4.69) is 0 Å². The molecule has 3 aromatic carbocycles. The number of aryl methyl sites for hydroxylation is 1. The van der Waals surface area contributed by atoms with Crippen molar-refractivity contribution in [2.75, 3.05) is 6.61 Å². The van der Waals surface area contributed by atoms with E-state index >= 15 is 0 Å². The van der Waals surface area contributed by atoms with Crippen molar-refractivity contribution < 1.29 is 19.0 Å². The maximum absolute atomic E-state index is 13.5.